The first-order valence-corrected chi connectivity index (χ1v) is 5.25. The number of hydrogen-bond donors (Lipinski definition) is 2. The third kappa shape index (κ3) is 3.04. The molecular formula is C10H15N3O4. The minimum Gasteiger partial charge on any atom is -0.394 e. The second-order valence-electron chi connectivity index (χ2n) is 3.68. The van der Waals surface area contributed by atoms with Gasteiger partial charge in [0, 0.05) is 18.7 Å². The first-order chi connectivity index (χ1) is 7.99. The number of carbonyl (C=O) groups excluding carboxylic acids is 1. The van der Waals surface area contributed by atoms with Gasteiger partial charge in [0.25, 0.3) is 11.6 Å². The van der Waals surface area contributed by atoms with Gasteiger partial charge >= 0.3 is 0 Å². The fourth-order valence-corrected chi connectivity index (χ4v) is 1.39. The van der Waals surface area contributed by atoms with Gasteiger partial charge in [-0.25, -0.2) is 0 Å². The summed E-state index contributed by atoms with van der Waals surface area (Å²) in [6.07, 6.45) is 1.32. The van der Waals surface area contributed by atoms with Crippen LogP contribution in [0.4, 0.5) is 5.69 Å². The van der Waals surface area contributed by atoms with Crippen molar-refractivity contribution >= 4 is 11.6 Å². The molecule has 0 radical (unpaired) electrons. The summed E-state index contributed by atoms with van der Waals surface area (Å²) in [5.41, 5.74) is 0.105. The average molecular weight is 241 g/mol. The van der Waals surface area contributed by atoms with Crippen molar-refractivity contribution in [2.24, 2.45) is 0 Å². The van der Waals surface area contributed by atoms with Gasteiger partial charge in [-0.3, -0.25) is 14.9 Å². The molecule has 17 heavy (non-hydrogen) atoms. The van der Waals surface area contributed by atoms with Crippen LogP contribution < -0.4 is 5.32 Å². The standard InChI is InChI=1S/C10H15N3O4/c1-3-12-5-8(13(16)17)4-9(12)10(15)11-7(2)6-14/h4-5,7,14H,3,6H2,1-2H3,(H,11,15)/t7-/m0/s1. The molecule has 94 valence electrons. The van der Waals surface area contributed by atoms with E-state index in [-0.39, 0.29) is 24.0 Å². The van der Waals surface area contributed by atoms with Crippen LogP contribution in [-0.4, -0.2) is 33.2 Å². The number of nitrogens with one attached hydrogen (secondary N) is 1. The predicted molar refractivity (Wildman–Crippen MR) is 60.8 cm³/mol. The first kappa shape index (κ1) is 13.2. The van der Waals surface area contributed by atoms with Gasteiger partial charge in [-0.15, -0.1) is 0 Å². The summed E-state index contributed by atoms with van der Waals surface area (Å²) in [5, 5.41) is 22.0. The highest BCUT2D eigenvalue weighted by molar-refractivity contribution is 5.93. The lowest BCUT2D eigenvalue weighted by molar-refractivity contribution is -0.384. The Labute approximate surface area is 98.2 Å². The molecule has 1 rings (SSSR count). The summed E-state index contributed by atoms with van der Waals surface area (Å²) < 4.78 is 1.50. The Balaban J connectivity index is 2.95. The van der Waals surface area contributed by atoms with Crippen LogP contribution in [0.2, 0.25) is 0 Å². The summed E-state index contributed by atoms with van der Waals surface area (Å²) >= 11 is 0. The number of carbonyl (C=O) groups is 1. The van der Waals surface area contributed by atoms with Gasteiger partial charge < -0.3 is 15.0 Å². The van der Waals surface area contributed by atoms with Crippen molar-refractivity contribution in [3.8, 4) is 0 Å². The molecule has 0 unspecified atom stereocenters. The van der Waals surface area contributed by atoms with Gasteiger partial charge in [0.05, 0.1) is 17.7 Å². The maximum absolute atomic E-state index is 11.8. The molecule has 0 aliphatic rings. The fourth-order valence-electron chi connectivity index (χ4n) is 1.39. The highest BCUT2D eigenvalue weighted by Gasteiger charge is 2.19. The van der Waals surface area contributed by atoms with Gasteiger partial charge in [-0.1, -0.05) is 0 Å². The molecule has 1 aromatic rings. The first-order valence-electron chi connectivity index (χ1n) is 5.25. The lowest BCUT2D eigenvalue weighted by Gasteiger charge is -2.11. The van der Waals surface area contributed by atoms with Crippen LogP contribution in [0.1, 0.15) is 24.3 Å². The molecule has 1 atom stereocenters. The third-order valence-corrected chi connectivity index (χ3v) is 2.32. The quantitative estimate of drug-likeness (QED) is 0.580. The molecule has 1 amide bonds. The molecule has 2 N–H and O–H groups in total. The summed E-state index contributed by atoms with van der Waals surface area (Å²) in [4.78, 5) is 21.8. The van der Waals surface area contributed by atoms with Crippen molar-refractivity contribution in [2.75, 3.05) is 6.61 Å². The number of aromatic nitrogens is 1. The van der Waals surface area contributed by atoms with E-state index in [4.69, 9.17) is 5.11 Å². The molecule has 0 spiro atoms. The van der Waals surface area contributed by atoms with Crippen molar-refractivity contribution < 1.29 is 14.8 Å². The van der Waals surface area contributed by atoms with Crippen LogP contribution in [0.15, 0.2) is 12.3 Å². The lowest BCUT2D eigenvalue weighted by atomic mass is 10.3. The number of nitro groups is 1. The van der Waals surface area contributed by atoms with E-state index >= 15 is 0 Å². The van der Waals surface area contributed by atoms with E-state index in [0.29, 0.717) is 6.54 Å². The van der Waals surface area contributed by atoms with Crippen LogP contribution in [-0.2, 0) is 6.54 Å². The van der Waals surface area contributed by atoms with Crippen LogP contribution >= 0.6 is 0 Å². The van der Waals surface area contributed by atoms with E-state index < -0.39 is 10.8 Å². The molecule has 0 aliphatic heterocycles. The number of aliphatic hydroxyl groups excluding tert-OH is 1. The number of aliphatic hydroxyl groups is 1. The molecule has 0 saturated carbocycles. The lowest BCUT2D eigenvalue weighted by Crippen LogP contribution is -2.36. The van der Waals surface area contributed by atoms with E-state index in [0.717, 1.165) is 0 Å². The Morgan fingerprint density at radius 2 is 2.35 bits per heavy atom. The molecule has 0 aliphatic carbocycles. The van der Waals surface area contributed by atoms with E-state index in [2.05, 4.69) is 5.32 Å². The van der Waals surface area contributed by atoms with E-state index in [1.807, 2.05) is 0 Å². The molecule has 7 nitrogen and oxygen atoms in total. The maximum atomic E-state index is 11.8. The third-order valence-electron chi connectivity index (χ3n) is 2.32. The predicted octanol–water partition coefficient (Wildman–Crippen LogP) is 0.527. The summed E-state index contributed by atoms with van der Waals surface area (Å²) in [6, 6.07) is 0.838. The maximum Gasteiger partial charge on any atom is 0.287 e. The molecule has 1 aromatic heterocycles. The normalized spacial score (nSPS) is 12.2. The topological polar surface area (TPSA) is 97.4 Å². The van der Waals surface area contributed by atoms with E-state index in [1.54, 1.807) is 13.8 Å². The Hall–Kier alpha value is -1.89. The fraction of sp³-hybridized carbons (Fsp3) is 0.500. The minimum absolute atomic E-state index is 0.117. The van der Waals surface area contributed by atoms with E-state index in [9.17, 15) is 14.9 Å². The monoisotopic (exact) mass is 241 g/mol. The van der Waals surface area contributed by atoms with Gasteiger partial charge in [-0.05, 0) is 13.8 Å². The Morgan fingerprint density at radius 1 is 1.71 bits per heavy atom. The summed E-state index contributed by atoms with van der Waals surface area (Å²) in [7, 11) is 0. The number of hydrogen-bond acceptors (Lipinski definition) is 4. The Bertz CT molecular complexity index is 427. The zero-order valence-corrected chi connectivity index (χ0v) is 9.71. The molecule has 7 heteroatoms. The second-order valence-corrected chi connectivity index (χ2v) is 3.68. The van der Waals surface area contributed by atoms with Gasteiger partial charge in [0.2, 0.25) is 0 Å². The Morgan fingerprint density at radius 3 is 2.82 bits per heavy atom. The van der Waals surface area contributed by atoms with Crippen LogP contribution in [0.5, 0.6) is 0 Å². The second kappa shape index (κ2) is 5.44. The molecule has 0 fully saturated rings. The number of rotatable bonds is 5. The largest absolute Gasteiger partial charge is 0.394 e. The van der Waals surface area contributed by atoms with Gasteiger partial charge in [-0.2, -0.15) is 0 Å². The summed E-state index contributed by atoms with van der Waals surface area (Å²) in [6.45, 7) is 3.71. The molecule has 0 bridgehead atoms. The number of aryl methyl sites for hydroxylation is 1. The highest BCUT2D eigenvalue weighted by Crippen LogP contribution is 2.16. The van der Waals surface area contributed by atoms with Crippen molar-refractivity contribution in [1.82, 2.24) is 9.88 Å². The zero-order chi connectivity index (χ0) is 13.0. The molecule has 0 saturated heterocycles. The van der Waals surface area contributed by atoms with Crippen LogP contribution in [0.25, 0.3) is 0 Å². The van der Waals surface area contributed by atoms with Crippen LogP contribution in [0.3, 0.4) is 0 Å². The molecule has 1 heterocycles. The number of nitrogens with zero attached hydrogens (tertiary/aromatic N) is 2. The van der Waals surface area contributed by atoms with Crippen molar-refractivity contribution in [2.45, 2.75) is 26.4 Å². The van der Waals surface area contributed by atoms with Crippen molar-refractivity contribution in [3.63, 3.8) is 0 Å². The smallest absolute Gasteiger partial charge is 0.287 e. The highest BCUT2D eigenvalue weighted by atomic mass is 16.6. The van der Waals surface area contributed by atoms with Crippen molar-refractivity contribution in [3.05, 3.63) is 28.1 Å². The SMILES string of the molecule is CCn1cc([N+](=O)[O-])cc1C(=O)N[C@@H](C)CO. The average Bonchev–Trinajstić information content (AvgIpc) is 2.72. The zero-order valence-electron chi connectivity index (χ0n) is 9.71. The van der Waals surface area contributed by atoms with Crippen LogP contribution in [0, 0.1) is 10.1 Å². The van der Waals surface area contributed by atoms with Gasteiger partial charge in [0.1, 0.15) is 5.69 Å². The van der Waals surface area contributed by atoms with E-state index in [1.165, 1.54) is 16.8 Å². The van der Waals surface area contributed by atoms with Gasteiger partial charge in [0.15, 0.2) is 0 Å². The summed E-state index contributed by atoms with van der Waals surface area (Å²) in [5.74, 6) is -0.429. The molecular weight excluding hydrogens is 226 g/mol. The Kier molecular flexibility index (Phi) is 4.22. The molecule has 0 aromatic carbocycles. The number of amides is 1. The van der Waals surface area contributed by atoms with Crippen molar-refractivity contribution in [1.29, 1.82) is 0 Å². The minimum atomic E-state index is -0.543.